The molecular formula is C8H15FO3. The highest BCUT2D eigenvalue weighted by Gasteiger charge is 2.26. The van der Waals surface area contributed by atoms with E-state index < -0.39 is 17.7 Å². The number of hydrogen-bond acceptors (Lipinski definition) is 3. The SMILES string of the molecule is CC(=O)OCCC(F)C(C)(C)O. The molecule has 0 saturated carbocycles. The van der Waals surface area contributed by atoms with Crippen molar-refractivity contribution in [1.82, 2.24) is 0 Å². The molecule has 0 radical (unpaired) electrons. The molecule has 0 aromatic rings. The average molecular weight is 178 g/mol. The Kier molecular flexibility index (Phi) is 4.17. The molecule has 72 valence electrons. The Bertz CT molecular complexity index is 151. The first-order valence-electron chi connectivity index (χ1n) is 3.84. The number of ether oxygens (including phenoxy) is 1. The molecule has 0 spiro atoms. The normalized spacial score (nSPS) is 14.1. The van der Waals surface area contributed by atoms with Crippen molar-refractivity contribution >= 4 is 5.97 Å². The zero-order valence-electron chi connectivity index (χ0n) is 7.63. The Hall–Kier alpha value is -0.640. The zero-order valence-corrected chi connectivity index (χ0v) is 7.63. The summed E-state index contributed by atoms with van der Waals surface area (Å²) in [5.41, 5.74) is -1.36. The van der Waals surface area contributed by atoms with E-state index in [1.165, 1.54) is 20.8 Å². The fourth-order valence-electron chi connectivity index (χ4n) is 0.659. The highest BCUT2D eigenvalue weighted by Crippen LogP contribution is 2.15. The van der Waals surface area contributed by atoms with Crippen molar-refractivity contribution in [3.8, 4) is 0 Å². The number of carbonyl (C=O) groups excluding carboxylic acids is 1. The Labute approximate surface area is 71.5 Å². The molecular weight excluding hydrogens is 163 g/mol. The van der Waals surface area contributed by atoms with Gasteiger partial charge in [0.25, 0.3) is 0 Å². The number of alkyl halides is 1. The van der Waals surface area contributed by atoms with Gasteiger partial charge < -0.3 is 9.84 Å². The molecule has 0 saturated heterocycles. The molecule has 0 aliphatic heterocycles. The highest BCUT2D eigenvalue weighted by atomic mass is 19.1. The number of halogens is 1. The number of hydrogen-bond donors (Lipinski definition) is 1. The summed E-state index contributed by atoms with van der Waals surface area (Å²) < 4.78 is 17.4. The van der Waals surface area contributed by atoms with Crippen LogP contribution in [0.4, 0.5) is 4.39 Å². The molecule has 12 heavy (non-hydrogen) atoms. The number of carbonyl (C=O) groups is 1. The molecule has 0 heterocycles. The molecule has 1 atom stereocenters. The van der Waals surface area contributed by atoms with Gasteiger partial charge in [-0.2, -0.15) is 0 Å². The van der Waals surface area contributed by atoms with Gasteiger partial charge in [-0.1, -0.05) is 0 Å². The van der Waals surface area contributed by atoms with Gasteiger partial charge in [-0.15, -0.1) is 0 Å². The summed E-state index contributed by atoms with van der Waals surface area (Å²) in [6.45, 7) is 4.04. The van der Waals surface area contributed by atoms with Crippen LogP contribution >= 0.6 is 0 Å². The van der Waals surface area contributed by atoms with E-state index in [1.54, 1.807) is 0 Å². The summed E-state index contributed by atoms with van der Waals surface area (Å²) in [5, 5.41) is 9.14. The van der Waals surface area contributed by atoms with Crippen molar-refractivity contribution in [3.63, 3.8) is 0 Å². The van der Waals surface area contributed by atoms with E-state index in [0.717, 1.165) is 0 Å². The van der Waals surface area contributed by atoms with E-state index in [9.17, 15) is 9.18 Å². The van der Waals surface area contributed by atoms with Gasteiger partial charge in [0.15, 0.2) is 0 Å². The quantitative estimate of drug-likeness (QED) is 0.654. The second-order valence-corrected chi connectivity index (χ2v) is 3.25. The number of rotatable bonds is 4. The van der Waals surface area contributed by atoms with Crippen LogP contribution in [0.2, 0.25) is 0 Å². The van der Waals surface area contributed by atoms with E-state index in [-0.39, 0.29) is 13.0 Å². The summed E-state index contributed by atoms with van der Waals surface area (Å²) >= 11 is 0. The Morgan fingerprint density at radius 3 is 2.50 bits per heavy atom. The standard InChI is InChI=1S/C8H15FO3/c1-6(10)12-5-4-7(9)8(2,3)11/h7,11H,4-5H2,1-3H3. The van der Waals surface area contributed by atoms with Gasteiger partial charge in [0, 0.05) is 13.3 Å². The fourth-order valence-corrected chi connectivity index (χ4v) is 0.659. The number of esters is 1. The maximum absolute atomic E-state index is 12.9. The number of aliphatic hydroxyl groups is 1. The summed E-state index contributed by atoms with van der Waals surface area (Å²) in [7, 11) is 0. The van der Waals surface area contributed by atoms with Gasteiger partial charge in [-0.05, 0) is 13.8 Å². The maximum atomic E-state index is 12.9. The van der Waals surface area contributed by atoms with Crippen LogP contribution in [0.5, 0.6) is 0 Å². The molecule has 4 heteroatoms. The lowest BCUT2D eigenvalue weighted by Gasteiger charge is -2.21. The molecule has 0 amide bonds. The minimum absolute atomic E-state index is 0.0144. The lowest BCUT2D eigenvalue weighted by Crippen LogP contribution is -2.33. The summed E-state index contributed by atoms with van der Waals surface area (Å²) in [6.07, 6.45) is -1.33. The largest absolute Gasteiger partial charge is 0.466 e. The van der Waals surface area contributed by atoms with Crippen LogP contribution in [0.15, 0.2) is 0 Å². The molecule has 0 bridgehead atoms. The van der Waals surface area contributed by atoms with Crippen molar-refractivity contribution in [2.45, 2.75) is 39.0 Å². The zero-order chi connectivity index (χ0) is 9.78. The van der Waals surface area contributed by atoms with Gasteiger partial charge in [-0.3, -0.25) is 4.79 Å². The van der Waals surface area contributed by atoms with E-state index in [0.29, 0.717) is 0 Å². The Balaban J connectivity index is 3.58. The Morgan fingerprint density at radius 2 is 2.17 bits per heavy atom. The maximum Gasteiger partial charge on any atom is 0.302 e. The molecule has 0 aliphatic carbocycles. The molecule has 0 aromatic carbocycles. The van der Waals surface area contributed by atoms with Crippen LogP contribution in [0.25, 0.3) is 0 Å². The minimum Gasteiger partial charge on any atom is -0.466 e. The molecule has 0 aromatic heterocycles. The Morgan fingerprint density at radius 1 is 1.67 bits per heavy atom. The first-order valence-corrected chi connectivity index (χ1v) is 3.84. The van der Waals surface area contributed by atoms with Crippen LogP contribution in [0.1, 0.15) is 27.2 Å². The topological polar surface area (TPSA) is 46.5 Å². The lowest BCUT2D eigenvalue weighted by molar-refractivity contribution is -0.142. The third kappa shape index (κ3) is 5.07. The van der Waals surface area contributed by atoms with E-state index >= 15 is 0 Å². The van der Waals surface area contributed by atoms with Gasteiger partial charge in [0.05, 0.1) is 12.2 Å². The van der Waals surface area contributed by atoms with Gasteiger partial charge in [-0.25, -0.2) is 4.39 Å². The van der Waals surface area contributed by atoms with Gasteiger partial charge in [0.1, 0.15) is 6.17 Å². The van der Waals surface area contributed by atoms with Crippen LogP contribution < -0.4 is 0 Å². The molecule has 0 aliphatic rings. The monoisotopic (exact) mass is 178 g/mol. The van der Waals surface area contributed by atoms with E-state index in [1.807, 2.05) is 0 Å². The molecule has 0 rings (SSSR count). The summed E-state index contributed by atoms with van der Waals surface area (Å²) in [5.74, 6) is -0.432. The summed E-state index contributed by atoms with van der Waals surface area (Å²) in [4.78, 5) is 10.3. The van der Waals surface area contributed by atoms with Gasteiger partial charge >= 0.3 is 5.97 Å². The van der Waals surface area contributed by atoms with E-state index in [2.05, 4.69) is 4.74 Å². The highest BCUT2D eigenvalue weighted by molar-refractivity contribution is 5.65. The summed E-state index contributed by atoms with van der Waals surface area (Å²) in [6, 6.07) is 0. The smallest absolute Gasteiger partial charge is 0.302 e. The fraction of sp³-hybridized carbons (Fsp3) is 0.875. The van der Waals surface area contributed by atoms with Crippen molar-refractivity contribution < 1.29 is 19.0 Å². The minimum atomic E-state index is -1.36. The van der Waals surface area contributed by atoms with Crippen molar-refractivity contribution in [3.05, 3.63) is 0 Å². The predicted octanol–water partition coefficient (Wildman–Crippen LogP) is 1.05. The van der Waals surface area contributed by atoms with Crippen LogP contribution in [0, 0.1) is 0 Å². The van der Waals surface area contributed by atoms with Gasteiger partial charge in [0.2, 0.25) is 0 Å². The third-order valence-electron chi connectivity index (χ3n) is 1.44. The van der Waals surface area contributed by atoms with Crippen molar-refractivity contribution in [2.24, 2.45) is 0 Å². The predicted molar refractivity (Wildman–Crippen MR) is 42.4 cm³/mol. The molecule has 1 unspecified atom stereocenters. The van der Waals surface area contributed by atoms with E-state index in [4.69, 9.17) is 5.11 Å². The van der Waals surface area contributed by atoms with Crippen LogP contribution in [-0.2, 0) is 9.53 Å². The molecule has 3 nitrogen and oxygen atoms in total. The second-order valence-electron chi connectivity index (χ2n) is 3.25. The first kappa shape index (κ1) is 11.4. The third-order valence-corrected chi connectivity index (χ3v) is 1.44. The van der Waals surface area contributed by atoms with Crippen molar-refractivity contribution in [2.75, 3.05) is 6.61 Å². The lowest BCUT2D eigenvalue weighted by atomic mass is 10.0. The molecule has 0 fully saturated rings. The van der Waals surface area contributed by atoms with Crippen LogP contribution in [0.3, 0.4) is 0 Å². The first-order chi connectivity index (χ1) is 5.34. The van der Waals surface area contributed by atoms with Crippen LogP contribution in [-0.4, -0.2) is 29.5 Å². The average Bonchev–Trinajstić information content (AvgIpc) is 1.84. The molecule has 1 N–H and O–H groups in total. The second kappa shape index (κ2) is 4.40. The van der Waals surface area contributed by atoms with Crippen molar-refractivity contribution in [1.29, 1.82) is 0 Å².